The van der Waals surface area contributed by atoms with Crippen LogP contribution in [0.2, 0.25) is 0 Å². The molecule has 80 valence electrons. The maximum atomic E-state index is 9.91. The van der Waals surface area contributed by atoms with E-state index in [1.54, 1.807) is 0 Å². The summed E-state index contributed by atoms with van der Waals surface area (Å²) >= 11 is 0. The van der Waals surface area contributed by atoms with Crippen molar-refractivity contribution in [1.82, 2.24) is 5.32 Å². The highest BCUT2D eigenvalue weighted by atomic mass is 16.6. The van der Waals surface area contributed by atoms with E-state index in [1.807, 2.05) is 0 Å². The number of anilines is 1. The third-order valence-corrected chi connectivity index (χ3v) is 2.33. The smallest absolute Gasteiger partial charge is 0.407 e. The fourth-order valence-electron chi connectivity index (χ4n) is 1.59. The zero-order chi connectivity index (χ0) is 10.5. The summed E-state index contributed by atoms with van der Waals surface area (Å²) in [6, 6.07) is 8.46. The summed E-state index contributed by atoms with van der Waals surface area (Å²) in [7, 11) is 0. The van der Waals surface area contributed by atoms with Crippen molar-refractivity contribution in [2.45, 2.75) is 6.42 Å². The summed E-state index contributed by atoms with van der Waals surface area (Å²) in [5.74, 6) is 0. The van der Waals surface area contributed by atoms with E-state index in [0.717, 1.165) is 6.54 Å². The van der Waals surface area contributed by atoms with Crippen molar-refractivity contribution >= 4 is 11.8 Å². The zero-order valence-corrected chi connectivity index (χ0v) is 8.45. The van der Waals surface area contributed by atoms with Crippen molar-refractivity contribution in [1.29, 1.82) is 0 Å². The predicted octanol–water partition coefficient (Wildman–Crippen LogP) is 1.38. The standard InChI is InChI=1S/C8H9N.C3H5NO2/c1-2-4-8-7(3-1)5-6-9-8;5-3-4-1-2-6-3/h1-4,9H,5-6H2;1-2H2,(H,4,5). The van der Waals surface area contributed by atoms with E-state index in [1.165, 1.54) is 17.7 Å². The number of benzene rings is 1. The second kappa shape index (κ2) is 4.68. The van der Waals surface area contributed by atoms with Gasteiger partial charge in [-0.05, 0) is 18.1 Å². The molecule has 15 heavy (non-hydrogen) atoms. The fraction of sp³-hybridized carbons (Fsp3) is 0.364. The average molecular weight is 206 g/mol. The summed E-state index contributed by atoms with van der Waals surface area (Å²) in [4.78, 5) is 9.91. The second-order valence-corrected chi connectivity index (χ2v) is 3.40. The highest BCUT2D eigenvalue weighted by Gasteiger charge is 2.06. The molecule has 0 unspecified atom stereocenters. The minimum atomic E-state index is -0.296. The lowest BCUT2D eigenvalue weighted by atomic mass is 10.2. The van der Waals surface area contributed by atoms with Gasteiger partial charge in [-0.25, -0.2) is 4.79 Å². The van der Waals surface area contributed by atoms with Gasteiger partial charge in [0.05, 0.1) is 6.54 Å². The van der Waals surface area contributed by atoms with Crippen LogP contribution in [0.15, 0.2) is 24.3 Å². The highest BCUT2D eigenvalue weighted by Crippen LogP contribution is 2.19. The molecule has 1 amide bonds. The number of carbonyl (C=O) groups is 1. The first-order valence-electron chi connectivity index (χ1n) is 5.08. The molecule has 2 aliphatic rings. The summed E-state index contributed by atoms with van der Waals surface area (Å²) in [6.07, 6.45) is 0.894. The van der Waals surface area contributed by atoms with Gasteiger partial charge in [-0.3, -0.25) is 0 Å². The van der Waals surface area contributed by atoms with Crippen LogP contribution >= 0.6 is 0 Å². The zero-order valence-electron chi connectivity index (χ0n) is 8.45. The van der Waals surface area contributed by atoms with Crippen LogP contribution in [0.25, 0.3) is 0 Å². The molecule has 0 aromatic heterocycles. The summed E-state index contributed by atoms with van der Waals surface area (Å²) in [6.45, 7) is 2.30. The van der Waals surface area contributed by atoms with E-state index in [2.05, 4.69) is 39.6 Å². The number of ether oxygens (including phenoxy) is 1. The van der Waals surface area contributed by atoms with E-state index in [4.69, 9.17) is 0 Å². The molecule has 1 fully saturated rings. The summed E-state index contributed by atoms with van der Waals surface area (Å²) in [5, 5.41) is 5.76. The molecule has 1 saturated heterocycles. The first-order valence-corrected chi connectivity index (χ1v) is 5.08. The van der Waals surface area contributed by atoms with E-state index in [9.17, 15) is 4.79 Å². The van der Waals surface area contributed by atoms with Crippen molar-refractivity contribution < 1.29 is 9.53 Å². The van der Waals surface area contributed by atoms with Gasteiger partial charge in [-0.1, -0.05) is 18.2 Å². The molecule has 1 aromatic carbocycles. The number of para-hydroxylation sites is 1. The molecule has 4 heteroatoms. The van der Waals surface area contributed by atoms with Crippen LogP contribution < -0.4 is 10.6 Å². The summed E-state index contributed by atoms with van der Waals surface area (Å²) < 4.78 is 4.40. The maximum Gasteiger partial charge on any atom is 0.407 e. The number of alkyl carbamates (subject to hydrolysis) is 1. The monoisotopic (exact) mass is 206 g/mol. The molecule has 4 nitrogen and oxygen atoms in total. The molecule has 0 atom stereocenters. The normalized spacial score (nSPS) is 16.7. The van der Waals surface area contributed by atoms with Gasteiger partial charge in [0.2, 0.25) is 0 Å². The Labute approximate surface area is 88.6 Å². The Bertz CT molecular complexity index is 321. The number of hydrogen-bond donors (Lipinski definition) is 2. The van der Waals surface area contributed by atoms with Gasteiger partial charge in [0.15, 0.2) is 0 Å². The average Bonchev–Trinajstić information content (AvgIpc) is 2.88. The lowest BCUT2D eigenvalue weighted by Crippen LogP contribution is -2.11. The maximum absolute atomic E-state index is 9.91. The number of rotatable bonds is 0. The number of cyclic esters (lactones) is 1. The number of fused-ring (bicyclic) bond motifs is 1. The molecule has 2 aliphatic heterocycles. The van der Waals surface area contributed by atoms with Gasteiger partial charge in [0, 0.05) is 12.2 Å². The minimum absolute atomic E-state index is 0.296. The molecule has 0 bridgehead atoms. The van der Waals surface area contributed by atoms with Crippen molar-refractivity contribution in [2.24, 2.45) is 0 Å². The van der Waals surface area contributed by atoms with E-state index >= 15 is 0 Å². The largest absolute Gasteiger partial charge is 0.448 e. The molecular formula is C11H14N2O2. The van der Waals surface area contributed by atoms with Gasteiger partial charge in [-0.2, -0.15) is 0 Å². The van der Waals surface area contributed by atoms with Gasteiger partial charge < -0.3 is 15.4 Å². The second-order valence-electron chi connectivity index (χ2n) is 3.40. The van der Waals surface area contributed by atoms with E-state index in [0.29, 0.717) is 13.2 Å². The number of hydrogen-bond acceptors (Lipinski definition) is 3. The van der Waals surface area contributed by atoms with Gasteiger partial charge in [-0.15, -0.1) is 0 Å². The minimum Gasteiger partial charge on any atom is -0.448 e. The van der Waals surface area contributed by atoms with Gasteiger partial charge >= 0.3 is 6.09 Å². The lowest BCUT2D eigenvalue weighted by Gasteiger charge is -1.94. The van der Waals surface area contributed by atoms with Crippen LogP contribution in [0.5, 0.6) is 0 Å². The Morgan fingerprint density at radius 3 is 2.60 bits per heavy atom. The van der Waals surface area contributed by atoms with Gasteiger partial charge in [0.25, 0.3) is 0 Å². The molecule has 0 spiro atoms. The van der Waals surface area contributed by atoms with E-state index in [-0.39, 0.29) is 6.09 Å². The van der Waals surface area contributed by atoms with Crippen LogP contribution in [0, 0.1) is 0 Å². The van der Waals surface area contributed by atoms with Gasteiger partial charge in [0.1, 0.15) is 6.61 Å². The SMILES string of the molecule is O=C1NCCO1.c1ccc2c(c1)CCN2. The molecule has 1 aromatic rings. The molecule has 0 saturated carbocycles. The number of amides is 1. The Morgan fingerprint density at radius 1 is 1.13 bits per heavy atom. The van der Waals surface area contributed by atoms with Crippen molar-refractivity contribution in [3.05, 3.63) is 29.8 Å². The topological polar surface area (TPSA) is 50.4 Å². The Balaban J connectivity index is 0.000000124. The van der Waals surface area contributed by atoms with Crippen LogP contribution in [0.3, 0.4) is 0 Å². The quantitative estimate of drug-likeness (QED) is 0.674. The first kappa shape index (κ1) is 9.83. The van der Waals surface area contributed by atoms with Crippen LogP contribution in [-0.2, 0) is 11.2 Å². The lowest BCUT2D eigenvalue weighted by molar-refractivity contribution is 0.178. The van der Waals surface area contributed by atoms with Crippen LogP contribution in [0.4, 0.5) is 10.5 Å². The molecule has 3 rings (SSSR count). The number of carbonyl (C=O) groups excluding carboxylic acids is 1. The van der Waals surface area contributed by atoms with E-state index < -0.39 is 0 Å². The Morgan fingerprint density at radius 2 is 2.00 bits per heavy atom. The summed E-state index contributed by atoms with van der Waals surface area (Å²) in [5.41, 5.74) is 2.77. The molecule has 0 radical (unpaired) electrons. The predicted molar refractivity (Wildman–Crippen MR) is 58.0 cm³/mol. The third-order valence-electron chi connectivity index (χ3n) is 2.33. The highest BCUT2D eigenvalue weighted by molar-refractivity contribution is 5.68. The fourth-order valence-corrected chi connectivity index (χ4v) is 1.59. The van der Waals surface area contributed by atoms with Crippen molar-refractivity contribution in [2.75, 3.05) is 25.0 Å². The molecule has 2 N–H and O–H groups in total. The molecule has 2 heterocycles. The van der Waals surface area contributed by atoms with Crippen molar-refractivity contribution in [3.8, 4) is 0 Å². The third kappa shape index (κ3) is 2.62. The Hall–Kier alpha value is -1.71. The first-order chi connectivity index (χ1) is 7.36. The number of nitrogens with one attached hydrogen (secondary N) is 2. The Kier molecular flexibility index (Phi) is 3.07. The van der Waals surface area contributed by atoms with Crippen molar-refractivity contribution in [3.63, 3.8) is 0 Å². The molecule has 0 aliphatic carbocycles. The molecular weight excluding hydrogens is 192 g/mol. The van der Waals surface area contributed by atoms with Crippen LogP contribution in [0.1, 0.15) is 5.56 Å². The van der Waals surface area contributed by atoms with Crippen LogP contribution in [-0.4, -0.2) is 25.8 Å².